The first-order chi connectivity index (χ1) is 11.6. The molecular formula is C16H27BrN2O5S. The molecule has 1 aromatic rings. The summed E-state index contributed by atoms with van der Waals surface area (Å²) in [6.07, 6.45) is 0.0359. The van der Waals surface area contributed by atoms with E-state index in [4.69, 9.17) is 4.74 Å². The highest BCUT2D eigenvalue weighted by molar-refractivity contribution is 9.11. The Morgan fingerprint density at radius 1 is 1.32 bits per heavy atom. The Balaban J connectivity index is 0. The van der Waals surface area contributed by atoms with Crippen LogP contribution in [0.15, 0.2) is 9.85 Å². The van der Waals surface area contributed by atoms with E-state index in [9.17, 15) is 14.4 Å². The van der Waals surface area contributed by atoms with E-state index in [0.717, 1.165) is 9.47 Å². The van der Waals surface area contributed by atoms with Crippen molar-refractivity contribution in [2.24, 2.45) is 0 Å². The minimum Gasteiger partial charge on any atom is -0.465 e. The molecule has 0 atom stereocenters. The lowest BCUT2D eigenvalue weighted by atomic mass is 10.2. The molecular weight excluding hydrogens is 412 g/mol. The Labute approximate surface area is 161 Å². The SMILES string of the molecule is CC.CC(C)(C)OC(=O)NCC=O.CNc1cc(Br)sc1C(=O)OC. The van der Waals surface area contributed by atoms with E-state index in [1.165, 1.54) is 18.4 Å². The molecule has 1 heterocycles. The lowest BCUT2D eigenvalue weighted by Crippen LogP contribution is -2.33. The summed E-state index contributed by atoms with van der Waals surface area (Å²) in [6, 6.07) is 1.84. The van der Waals surface area contributed by atoms with Crippen LogP contribution in [0.4, 0.5) is 10.5 Å². The summed E-state index contributed by atoms with van der Waals surface area (Å²) in [5, 5.41) is 5.17. The van der Waals surface area contributed by atoms with Gasteiger partial charge in [0.15, 0.2) is 0 Å². The summed E-state index contributed by atoms with van der Waals surface area (Å²) in [5.74, 6) is -0.310. The molecule has 1 aromatic heterocycles. The van der Waals surface area contributed by atoms with Crippen molar-refractivity contribution >= 4 is 51.3 Å². The van der Waals surface area contributed by atoms with Crippen LogP contribution in [0.25, 0.3) is 0 Å². The summed E-state index contributed by atoms with van der Waals surface area (Å²) < 4.78 is 10.3. The molecule has 0 spiro atoms. The highest BCUT2D eigenvalue weighted by Crippen LogP contribution is 2.31. The standard InChI is InChI=1S/C7H8BrNO2S.C7H13NO3.C2H6/c1-9-4-3-5(8)12-6(4)7(10)11-2;1-7(2,3)11-6(10)8-4-5-9;1-2/h3,9H,1-2H3;5H,4H2,1-3H3,(H,8,10);1-2H3. The van der Waals surface area contributed by atoms with Crippen molar-refractivity contribution in [3.63, 3.8) is 0 Å². The van der Waals surface area contributed by atoms with E-state index in [1.807, 2.05) is 19.9 Å². The van der Waals surface area contributed by atoms with Gasteiger partial charge in [0, 0.05) is 7.05 Å². The summed E-state index contributed by atoms with van der Waals surface area (Å²) >= 11 is 4.64. The zero-order valence-corrected chi connectivity index (χ0v) is 18.1. The molecule has 0 bridgehead atoms. The zero-order chi connectivity index (χ0) is 20.0. The predicted molar refractivity (Wildman–Crippen MR) is 105 cm³/mol. The fraction of sp³-hybridized carbons (Fsp3) is 0.562. The normalized spacial score (nSPS) is 9.44. The zero-order valence-electron chi connectivity index (χ0n) is 15.7. The van der Waals surface area contributed by atoms with Gasteiger partial charge in [0.2, 0.25) is 0 Å². The van der Waals surface area contributed by atoms with Crippen molar-refractivity contribution in [1.82, 2.24) is 5.32 Å². The van der Waals surface area contributed by atoms with Crippen LogP contribution in [0.5, 0.6) is 0 Å². The van der Waals surface area contributed by atoms with Gasteiger partial charge in [-0.1, -0.05) is 13.8 Å². The average Bonchev–Trinajstić information content (AvgIpc) is 2.94. The Kier molecular flexibility index (Phi) is 14.0. The van der Waals surface area contributed by atoms with E-state index < -0.39 is 11.7 Å². The smallest absolute Gasteiger partial charge is 0.408 e. The van der Waals surface area contributed by atoms with Gasteiger partial charge in [0.1, 0.15) is 16.8 Å². The molecule has 1 rings (SSSR count). The Hall–Kier alpha value is -1.61. The number of methoxy groups -OCH3 is 1. The molecule has 0 saturated carbocycles. The second-order valence-electron chi connectivity index (χ2n) is 5.08. The van der Waals surface area contributed by atoms with E-state index in [2.05, 4.69) is 31.3 Å². The summed E-state index contributed by atoms with van der Waals surface area (Å²) in [6.45, 7) is 9.27. The number of anilines is 1. The summed E-state index contributed by atoms with van der Waals surface area (Å²) in [7, 11) is 3.14. The van der Waals surface area contributed by atoms with Gasteiger partial charge >= 0.3 is 12.1 Å². The second kappa shape index (κ2) is 13.7. The Bertz CT molecular complexity index is 541. The minimum atomic E-state index is -0.565. The van der Waals surface area contributed by atoms with Crippen LogP contribution in [-0.2, 0) is 14.3 Å². The highest BCUT2D eigenvalue weighted by Gasteiger charge is 2.15. The number of rotatable bonds is 4. The highest BCUT2D eigenvalue weighted by atomic mass is 79.9. The van der Waals surface area contributed by atoms with Crippen molar-refractivity contribution in [2.45, 2.75) is 40.2 Å². The predicted octanol–water partition coefficient (Wildman–Crippen LogP) is 4.08. The van der Waals surface area contributed by atoms with Crippen molar-refractivity contribution in [3.8, 4) is 0 Å². The molecule has 7 nitrogen and oxygen atoms in total. The maximum Gasteiger partial charge on any atom is 0.408 e. The van der Waals surface area contributed by atoms with Crippen LogP contribution in [0.1, 0.15) is 44.3 Å². The van der Waals surface area contributed by atoms with Gasteiger partial charge < -0.3 is 24.9 Å². The van der Waals surface area contributed by atoms with Gasteiger partial charge in [0.25, 0.3) is 0 Å². The Morgan fingerprint density at radius 3 is 2.28 bits per heavy atom. The van der Waals surface area contributed by atoms with E-state index in [1.54, 1.807) is 27.8 Å². The average molecular weight is 439 g/mol. The first-order valence-electron chi connectivity index (χ1n) is 7.60. The number of alkyl carbamates (subject to hydrolysis) is 1. The number of aldehydes is 1. The van der Waals surface area contributed by atoms with Gasteiger partial charge in [-0.3, -0.25) is 0 Å². The summed E-state index contributed by atoms with van der Waals surface area (Å²) in [4.78, 5) is 32.3. The van der Waals surface area contributed by atoms with Crippen LogP contribution < -0.4 is 10.6 Å². The quantitative estimate of drug-likeness (QED) is 0.543. The number of halogens is 1. The maximum absolute atomic E-state index is 11.1. The third kappa shape index (κ3) is 12.4. The van der Waals surface area contributed by atoms with Crippen molar-refractivity contribution in [2.75, 3.05) is 26.0 Å². The molecule has 0 radical (unpaired) electrons. The minimum absolute atomic E-state index is 0.00505. The molecule has 25 heavy (non-hydrogen) atoms. The number of carbonyl (C=O) groups excluding carboxylic acids is 3. The van der Waals surface area contributed by atoms with E-state index in [-0.39, 0.29) is 12.5 Å². The molecule has 0 aliphatic heterocycles. The van der Waals surface area contributed by atoms with Crippen LogP contribution in [0, 0.1) is 0 Å². The van der Waals surface area contributed by atoms with E-state index in [0.29, 0.717) is 11.2 Å². The summed E-state index contributed by atoms with van der Waals surface area (Å²) in [5.41, 5.74) is 0.284. The molecule has 0 unspecified atom stereocenters. The first kappa shape index (κ1) is 25.6. The lowest BCUT2D eigenvalue weighted by molar-refractivity contribution is -0.107. The number of carbonyl (C=O) groups is 3. The molecule has 144 valence electrons. The number of hydrogen-bond acceptors (Lipinski definition) is 7. The topological polar surface area (TPSA) is 93.7 Å². The number of nitrogens with one attached hydrogen (secondary N) is 2. The van der Waals surface area contributed by atoms with Crippen molar-refractivity contribution in [1.29, 1.82) is 0 Å². The van der Waals surface area contributed by atoms with Gasteiger partial charge in [-0.15, -0.1) is 11.3 Å². The number of esters is 1. The molecule has 0 aliphatic rings. The number of hydrogen-bond donors (Lipinski definition) is 2. The molecule has 0 aliphatic carbocycles. The number of amides is 1. The third-order valence-electron chi connectivity index (χ3n) is 2.07. The fourth-order valence-electron chi connectivity index (χ4n) is 1.23. The second-order valence-corrected chi connectivity index (χ2v) is 7.52. The van der Waals surface area contributed by atoms with Crippen LogP contribution in [-0.4, -0.2) is 44.7 Å². The molecule has 9 heteroatoms. The van der Waals surface area contributed by atoms with Crippen LogP contribution in [0.3, 0.4) is 0 Å². The molecule has 0 aromatic carbocycles. The maximum atomic E-state index is 11.1. The first-order valence-corrected chi connectivity index (χ1v) is 9.21. The fourth-order valence-corrected chi connectivity index (χ4v) is 2.75. The molecule has 2 N–H and O–H groups in total. The Morgan fingerprint density at radius 2 is 1.88 bits per heavy atom. The number of ether oxygens (including phenoxy) is 2. The van der Waals surface area contributed by atoms with Gasteiger partial charge in [-0.05, 0) is 42.8 Å². The van der Waals surface area contributed by atoms with Gasteiger partial charge in [-0.2, -0.15) is 0 Å². The van der Waals surface area contributed by atoms with Crippen LogP contribution >= 0.6 is 27.3 Å². The molecule has 0 saturated heterocycles. The molecule has 0 fully saturated rings. The monoisotopic (exact) mass is 438 g/mol. The number of thiophene rings is 1. The lowest BCUT2D eigenvalue weighted by Gasteiger charge is -2.18. The van der Waals surface area contributed by atoms with Gasteiger partial charge in [-0.25, -0.2) is 9.59 Å². The molecule has 1 amide bonds. The van der Waals surface area contributed by atoms with Crippen molar-refractivity contribution < 1.29 is 23.9 Å². The third-order valence-corrected chi connectivity index (χ3v) is 3.69. The van der Waals surface area contributed by atoms with Crippen LogP contribution in [0.2, 0.25) is 0 Å². The largest absolute Gasteiger partial charge is 0.465 e. The van der Waals surface area contributed by atoms with Gasteiger partial charge in [0.05, 0.1) is 23.1 Å². The van der Waals surface area contributed by atoms with Crippen molar-refractivity contribution in [3.05, 3.63) is 14.7 Å². The van der Waals surface area contributed by atoms with E-state index >= 15 is 0 Å².